The van der Waals surface area contributed by atoms with Gasteiger partial charge in [-0.15, -0.1) is 0 Å². The van der Waals surface area contributed by atoms with Gasteiger partial charge < -0.3 is 29.5 Å². The summed E-state index contributed by atoms with van der Waals surface area (Å²) >= 11 is 0. The third-order valence-corrected chi connectivity index (χ3v) is 9.00. The second kappa shape index (κ2) is 16.7. The lowest BCUT2D eigenvalue weighted by molar-refractivity contribution is -0.120. The number of carbonyl (C=O) groups is 5. The van der Waals surface area contributed by atoms with Crippen LogP contribution >= 0.6 is 0 Å². The van der Waals surface area contributed by atoms with E-state index in [-0.39, 0.29) is 37.7 Å². The summed E-state index contributed by atoms with van der Waals surface area (Å²) in [5.74, 6) is 0.335. The summed E-state index contributed by atoms with van der Waals surface area (Å²) in [5, 5.41) is 9.19. The number of anilines is 2. The molecule has 2 atom stereocenters. The average Bonchev–Trinajstić information content (AvgIpc) is 3.78. The van der Waals surface area contributed by atoms with Gasteiger partial charge in [-0.1, -0.05) is 12.6 Å². The Labute approximate surface area is 307 Å². The number of ketones is 1. The predicted octanol–water partition coefficient (Wildman–Crippen LogP) is 3.83. The summed E-state index contributed by atoms with van der Waals surface area (Å²) in [7, 11) is 3.78. The van der Waals surface area contributed by atoms with Gasteiger partial charge in [-0.2, -0.15) is 0 Å². The standard InChI is InChI=1S/C19H24N4O4.C17H18N4O4.CH4/c1-12(24)20-9-16-11-23(19(26)27-16)15-7-13-5-4-6-14(10-22(2)3)18(25)17(13)21-8-15;1-10(22)18-8-14-9-21(17(23)24-14)13-5-11-3-2-4-12-6-20-25-16(12)15(11)19-7-13;/h7-8,10,16H,4-6,9,11H2,1-3H3,(H,20,24);5-7,14H,2-4,8-9H2,1H3,(H,18,22);1H4/b14-10+;;/t16-;14-;/m11./s1. The first-order chi connectivity index (χ1) is 25.0. The van der Waals surface area contributed by atoms with Gasteiger partial charge in [-0.25, -0.2) is 9.59 Å². The maximum absolute atomic E-state index is 12.8. The van der Waals surface area contributed by atoms with E-state index in [1.807, 2.05) is 37.3 Å². The topological polar surface area (TPSA) is 189 Å². The molecule has 2 fully saturated rings. The predicted molar refractivity (Wildman–Crippen MR) is 194 cm³/mol. The summed E-state index contributed by atoms with van der Waals surface area (Å²) < 4.78 is 16.0. The Bertz CT molecular complexity index is 1910. The van der Waals surface area contributed by atoms with Crippen LogP contribution < -0.4 is 20.4 Å². The van der Waals surface area contributed by atoms with E-state index in [1.54, 1.807) is 17.3 Å². The number of aromatic nitrogens is 3. The number of amides is 4. The second-order valence-corrected chi connectivity index (χ2v) is 13.3. The average molecular weight is 731 g/mol. The summed E-state index contributed by atoms with van der Waals surface area (Å²) in [6.07, 6.45) is 10.1. The van der Waals surface area contributed by atoms with Gasteiger partial charge in [0.2, 0.25) is 17.6 Å². The van der Waals surface area contributed by atoms with Crippen molar-refractivity contribution in [1.29, 1.82) is 0 Å². The molecule has 16 heteroatoms. The fourth-order valence-corrected chi connectivity index (χ4v) is 6.55. The van der Waals surface area contributed by atoms with Gasteiger partial charge in [-0.05, 0) is 61.8 Å². The van der Waals surface area contributed by atoms with Gasteiger partial charge in [-0.3, -0.25) is 34.2 Å². The first kappa shape index (κ1) is 38.4. The molecule has 16 nitrogen and oxygen atoms in total. The van der Waals surface area contributed by atoms with E-state index in [2.05, 4.69) is 25.8 Å². The zero-order valence-corrected chi connectivity index (χ0v) is 29.6. The maximum atomic E-state index is 12.8. The molecule has 0 aromatic carbocycles. The molecule has 0 bridgehead atoms. The van der Waals surface area contributed by atoms with E-state index in [0.29, 0.717) is 48.9 Å². The fourth-order valence-electron chi connectivity index (χ4n) is 6.55. The molecule has 3 aromatic heterocycles. The maximum Gasteiger partial charge on any atom is 0.414 e. The van der Waals surface area contributed by atoms with E-state index in [9.17, 15) is 24.0 Å². The highest BCUT2D eigenvalue weighted by atomic mass is 16.6. The lowest BCUT2D eigenvalue weighted by atomic mass is 10.1. The second-order valence-electron chi connectivity index (χ2n) is 13.3. The number of rotatable bonds is 7. The Kier molecular flexibility index (Phi) is 12.1. The van der Waals surface area contributed by atoms with Crippen LogP contribution in [0, 0.1) is 0 Å². The van der Waals surface area contributed by atoms with Crippen molar-refractivity contribution in [1.82, 2.24) is 30.7 Å². The normalized spacial score (nSPS) is 19.6. The van der Waals surface area contributed by atoms with Crippen molar-refractivity contribution in [2.45, 2.75) is 72.0 Å². The molecule has 0 radical (unpaired) electrons. The number of Topliss-reactive ketones (excluding diaryl/α,β-unsaturated/α-hetero) is 1. The highest BCUT2D eigenvalue weighted by molar-refractivity contribution is 6.08. The van der Waals surface area contributed by atoms with Crippen molar-refractivity contribution in [3.8, 4) is 11.5 Å². The Balaban J connectivity index is 0.000000201. The largest absolute Gasteiger partial charge is 0.442 e. The Morgan fingerprint density at radius 1 is 0.792 bits per heavy atom. The minimum atomic E-state index is -0.472. The van der Waals surface area contributed by atoms with Gasteiger partial charge in [0.25, 0.3) is 0 Å². The number of aryl methyl sites for hydroxylation is 3. The van der Waals surface area contributed by atoms with Crippen LogP contribution in [0.15, 0.2) is 47.0 Å². The van der Waals surface area contributed by atoms with Crippen LogP contribution in [0.4, 0.5) is 21.0 Å². The highest BCUT2D eigenvalue weighted by Gasteiger charge is 2.35. The number of fused-ring (bicyclic) bond motifs is 4. The van der Waals surface area contributed by atoms with Crippen LogP contribution in [0.3, 0.4) is 0 Å². The molecule has 2 aliphatic heterocycles. The summed E-state index contributed by atoms with van der Waals surface area (Å²) in [6, 6.07) is 3.81. The molecular weight excluding hydrogens is 684 g/mol. The number of pyridine rings is 2. The monoisotopic (exact) mass is 730 g/mol. The minimum Gasteiger partial charge on any atom is -0.442 e. The molecular formula is C37H46N8O8. The molecule has 2 saturated heterocycles. The first-order valence-corrected chi connectivity index (χ1v) is 17.3. The molecule has 0 spiro atoms. The van der Waals surface area contributed by atoms with Gasteiger partial charge in [0.15, 0.2) is 5.76 Å². The smallest absolute Gasteiger partial charge is 0.414 e. The molecule has 0 unspecified atom stereocenters. The van der Waals surface area contributed by atoms with Gasteiger partial charge in [0.05, 0.1) is 56.1 Å². The number of allylic oxidation sites excluding steroid dienone is 1. The van der Waals surface area contributed by atoms with E-state index in [1.165, 1.54) is 24.9 Å². The third kappa shape index (κ3) is 8.99. The number of ether oxygens (including phenoxy) is 2. The minimum absolute atomic E-state index is 0. The molecule has 4 aliphatic rings. The fraction of sp³-hybridized carbons (Fsp3) is 0.459. The Morgan fingerprint density at radius 3 is 1.85 bits per heavy atom. The quantitative estimate of drug-likeness (QED) is 0.265. The van der Waals surface area contributed by atoms with Crippen LogP contribution in [0.2, 0.25) is 0 Å². The molecule has 3 aromatic rings. The number of nitrogens with zero attached hydrogens (tertiary/aromatic N) is 6. The Hall–Kier alpha value is -5.80. The van der Waals surface area contributed by atoms with E-state index < -0.39 is 18.3 Å². The zero-order chi connectivity index (χ0) is 36.9. The van der Waals surface area contributed by atoms with Gasteiger partial charge >= 0.3 is 12.2 Å². The number of hydrogen-bond acceptors (Lipinski definition) is 12. The van der Waals surface area contributed by atoms with Crippen LogP contribution in [0.25, 0.3) is 11.5 Å². The summed E-state index contributed by atoms with van der Waals surface area (Å²) in [4.78, 5) is 73.0. The van der Waals surface area contributed by atoms with Crippen molar-refractivity contribution in [3.63, 3.8) is 0 Å². The van der Waals surface area contributed by atoms with Crippen molar-refractivity contribution in [3.05, 3.63) is 64.9 Å². The number of cyclic esters (lactones) is 2. The SMILES string of the molecule is C.CC(=O)NC[C@@H]1CN(c2cnc3c(c2)CCC/C(=C\N(C)C)C3=O)C(=O)O1.CC(=O)NC[C@@H]1CN(c2cnc3c(c2)CCCc2cnoc2-3)C(=O)O1. The van der Waals surface area contributed by atoms with Crippen LogP contribution in [-0.2, 0) is 38.3 Å². The number of nitrogens with one attached hydrogen (secondary N) is 2. The number of carbonyl (C=O) groups excluding carboxylic acids is 5. The molecule has 2 N–H and O–H groups in total. The lowest BCUT2D eigenvalue weighted by Crippen LogP contribution is -2.33. The summed E-state index contributed by atoms with van der Waals surface area (Å²) in [5.41, 5.74) is 6.23. The highest BCUT2D eigenvalue weighted by Crippen LogP contribution is 2.34. The number of hydrogen-bond donors (Lipinski definition) is 2. The van der Waals surface area contributed by atoms with Crippen molar-refractivity contribution in [2.24, 2.45) is 0 Å². The molecule has 7 rings (SSSR count). The zero-order valence-electron chi connectivity index (χ0n) is 29.6. The van der Waals surface area contributed by atoms with Crippen molar-refractivity contribution < 1.29 is 38.0 Å². The molecule has 4 amide bonds. The molecule has 53 heavy (non-hydrogen) atoms. The lowest BCUT2D eigenvalue weighted by Gasteiger charge is -2.15. The van der Waals surface area contributed by atoms with Crippen molar-refractivity contribution in [2.75, 3.05) is 50.1 Å². The summed E-state index contributed by atoms with van der Waals surface area (Å²) in [6.45, 7) is 4.14. The first-order valence-electron chi connectivity index (χ1n) is 17.3. The molecule has 282 valence electrons. The van der Waals surface area contributed by atoms with Crippen molar-refractivity contribution >= 4 is 41.2 Å². The van der Waals surface area contributed by atoms with E-state index >= 15 is 0 Å². The molecule has 2 aliphatic carbocycles. The Morgan fingerprint density at radius 2 is 1.30 bits per heavy atom. The van der Waals surface area contributed by atoms with Crippen LogP contribution in [-0.4, -0.2) is 102 Å². The van der Waals surface area contributed by atoms with Crippen LogP contribution in [0.5, 0.6) is 0 Å². The van der Waals surface area contributed by atoms with Gasteiger partial charge in [0.1, 0.15) is 23.6 Å². The molecule has 0 saturated carbocycles. The van der Waals surface area contributed by atoms with Crippen LogP contribution in [0.1, 0.15) is 67.7 Å². The van der Waals surface area contributed by atoms with Gasteiger partial charge in [0, 0.05) is 45.3 Å². The van der Waals surface area contributed by atoms with E-state index in [4.69, 9.17) is 14.0 Å². The molecule has 5 heterocycles. The third-order valence-electron chi connectivity index (χ3n) is 9.00. The van der Waals surface area contributed by atoms with E-state index in [0.717, 1.165) is 60.1 Å².